The Morgan fingerprint density at radius 2 is 1.94 bits per heavy atom. The second-order valence-corrected chi connectivity index (χ2v) is 8.14. The fourth-order valence-electron chi connectivity index (χ4n) is 3.57. The quantitative estimate of drug-likeness (QED) is 0.470. The number of anilines is 1. The molecule has 2 heterocycles. The molecule has 2 aliphatic rings. The van der Waals surface area contributed by atoms with E-state index in [1.54, 1.807) is 35.2 Å². The van der Waals surface area contributed by atoms with Crippen molar-refractivity contribution in [2.45, 2.75) is 32.8 Å². The summed E-state index contributed by atoms with van der Waals surface area (Å²) in [4.78, 5) is 30.4. The van der Waals surface area contributed by atoms with Gasteiger partial charge in [-0.1, -0.05) is 11.6 Å². The predicted molar refractivity (Wildman–Crippen MR) is 122 cm³/mol. The van der Waals surface area contributed by atoms with Crippen LogP contribution in [0, 0.1) is 0 Å². The molecule has 4 rings (SSSR count). The van der Waals surface area contributed by atoms with Gasteiger partial charge in [-0.3, -0.25) is 4.79 Å². The highest BCUT2D eigenvalue weighted by Gasteiger charge is 2.26. The third-order valence-corrected chi connectivity index (χ3v) is 5.31. The molecule has 8 heteroatoms. The molecule has 2 aromatic carbocycles. The second kappa shape index (κ2) is 9.04. The van der Waals surface area contributed by atoms with Gasteiger partial charge in [0.05, 0.1) is 18.2 Å². The van der Waals surface area contributed by atoms with E-state index in [-0.39, 0.29) is 23.6 Å². The number of benzene rings is 2. The molecule has 0 atom stereocenters. The molecule has 0 aliphatic carbocycles. The van der Waals surface area contributed by atoms with Crippen molar-refractivity contribution in [1.82, 2.24) is 0 Å². The van der Waals surface area contributed by atoms with Crippen LogP contribution in [0.1, 0.15) is 37.8 Å². The Morgan fingerprint density at radius 3 is 2.56 bits per heavy atom. The maximum atomic E-state index is 12.4. The number of esters is 1. The normalized spacial score (nSPS) is 17.2. The summed E-state index contributed by atoms with van der Waals surface area (Å²) in [7, 11) is 1.52. The van der Waals surface area contributed by atoms with Crippen LogP contribution in [0.5, 0.6) is 11.5 Å². The number of rotatable bonds is 6. The highest BCUT2D eigenvalue weighted by Crippen LogP contribution is 2.38. The van der Waals surface area contributed by atoms with Gasteiger partial charge in [-0.2, -0.15) is 0 Å². The van der Waals surface area contributed by atoms with Crippen LogP contribution >= 0.6 is 11.6 Å². The second-order valence-electron chi connectivity index (χ2n) is 7.73. The first-order chi connectivity index (χ1) is 15.4. The molecular weight excluding hydrogens is 432 g/mol. The van der Waals surface area contributed by atoms with Gasteiger partial charge in [0.15, 0.2) is 17.2 Å². The summed E-state index contributed by atoms with van der Waals surface area (Å²) in [6, 6.07) is 10.6. The van der Waals surface area contributed by atoms with Crippen molar-refractivity contribution in [3.8, 4) is 11.5 Å². The molecule has 1 fully saturated rings. The number of halogens is 1. The maximum absolute atomic E-state index is 12.4. The van der Waals surface area contributed by atoms with Crippen molar-refractivity contribution in [1.29, 1.82) is 0 Å². The van der Waals surface area contributed by atoms with Gasteiger partial charge in [0.1, 0.15) is 0 Å². The van der Waals surface area contributed by atoms with Gasteiger partial charge in [0.2, 0.25) is 11.8 Å². The molecule has 0 bridgehead atoms. The Morgan fingerprint density at radius 1 is 1.19 bits per heavy atom. The summed E-state index contributed by atoms with van der Waals surface area (Å²) in [5.74, 6) is 0.669. The van der Waals surface area contributed by atoms with E-state index >= 15 is 0 Å². The number of hydrogen-bond acceptors (Lipinski definition) is 6. The number of methoxy groups -OCH3 is 1. The third kappa shape index (κ3) is 4.48. The molecule has 1 saturated heterocycles. The smallest absolute Gasteiger partial charge is 0.363 e. The average molecular weight is 455 g/mol. The molecule has 32 heavy (non-hydrogen) atoms. The van der Waals surface area contributed by atoms with E-state index in [0.717, 1.165) is 12.1 Å². The highest BCUT2D eigenvalue weighted by atomic mass is 35.5. The fraction of sp³-hybridized carbons (Fsp3) is 0.292. The zero-order chi connectivity index (χ0) is 22.8. The zero-order valence-electron chi connectivity index (χ0n) is 18.1. The van der Waals surface area contributed by atoms with Gasteiger partial charge in [0.25, 0.3) is 0 Å². The summed E-state index contributed by atoms with van der Waals surface area (Å²) in [6.45, 7) is 4.51. The van der Waals surface area contributed by atoms with E-state index in [4.69, 9.17) is 25.8 Å². The van der Waals surface area contributed by atoms with Crippen molar-refractivity contribution in [3.63, 3.8) is 0 Å². The first kappa shape index (κ1) is 21.9. The maximum Gasteiger partial charge on any atom is 0.363 e. The van der Waals surface area contributed by atoms with Gasteiger partial charge >= 0.3 is 5.97 Å². The van der Waals surface area contributed by atoms with E-state index in [1.165, 1.54) is 7.11 Å². The standard InChI is InChI=1S/C24H23ClN2O5/c1-14(2)31-22-18(25)11-15(13-20(22)30-3)12-19-24(29)32-23(26-19)16-6-8-17(9-7-16)27-10-4-5-21(27)28/h6-9,11-14H,4-5,10H2,1-3H3/b19-12-. The minimum Gasteiger partial charge on any atom is -0.493 e. The number of cyclic esters (lactones) is 1. The van der Waals surface area contributed by atoms with Crippen LogP contribution < -0.4 is 14.4 Å². The summed E-state index contributed by atoms with van der Waals surface area (Å²) >= 11 is 6.37. The number of carbonyl (C=O) groups excluding carboxylic acids is 2. The van der Waals surface area contributed by atoms with Crippen molar-refractivity contribution in [2.75, 3.05) is 18.6 Å². The van der Waals surface area contributed by atoms with Gasteiger partial charge in [-0.05, 0) is 68.3 Å². The van der Waals surface area contributed by atoms with Crippen LogP contribution in [-0.4, -0.2) is 37.5 Å². The predicted octanol–water partition coefficient (Wildman–Crippen LogP) is 4.61. The first-order valence-corrected chi connectivity index (χ1v) is 10.7. The Balaban J connectivity index is 1.59. The topological polar surface area (TPSA) is 77.4 Å². The van der Waals surface area contributed by atoms with Crippen molar-refractivity contribution < 1.29 is 23.8 Å². The van der Waals surface area contributed by atoms with Crippen LogP contribution in [0.3, 0.4) is 0 Å². The summed E-state index contributed by atoms with van der Waals surface area (Å²) in [6.07, 6.45) is 2.94. The molecular formula is C24H23ClN2O5. The molecule has 0 spiro atoms. The fourth-order valence-corrected chi connectivity index (χ4v) is 3.83. The zero-order valence-corrected chi connectivity index (χ0v) is 18.8. The lowest BCUT2D eigenvalue weighted by atomic mass is 10.1. The van der Waals surface area contributed by atoms with Gasteiger partial charge < -0.3 is 19.1 Å². The van der Waals surface area contributed by atoms with E-state index in [9.17, 15) is 9.59 Å². The Kier molecular flexibility index (Phi) is 6.19. The Hall–Kier alpha value is -3.32. The number of nitrogens with zero attached hydrogens (tertiary/aromatic N) is 2. The van der Waals surface area contributed by atoms with E-state index in [1.807, 2.05) is 26.0 Å². The highest BCUT2D eigenvalue weighted by molar-refractivity contribution is 6.32. The number of aliphatic imine (C=N–C) groups is 1. The third-order valence-electron chi connectivity index (χ3n) is 5.03. The number of ether oxygens (including phenoxy) is 3. The monoisotopic (exact) mass is 454 g/mol. The molecule has 2 aromatic rings. The molecule has 2 aliphatic heterocycles. The van der Waals surface area contributed by atoms with Crippen LogP contribution in [-0.2, 0) is 14.3 Å². The van der Waals surface area contributed by atoms with E-state index in [2.05, 4.69) is 4.99 Å². The molecule has 0 radical (unpaired) electrons. The lowest BCUT2D eigenvalue weighted by Crippen LogP contribution is -2.23. The van der Waals surface area contributed by atoms with Gasteiger partial charge in [0, 0.05) is 24.2 Å². The van der Waals surface area contributed by atoms with Gasteiger partial charge in [-0.15, -0.1) is 0 Å². The largest absolute Gasteiger partial charge is 0.493 e. The number of amides is 1. The van der Waals surface area contributed by atoms with Crippen molar-refractivity contribution >= 4 is 41.1 Å². The van der Waals surface area contributed by atoms with Crippen LogP contribution in [0.4, 0.5) is 5.69 Å². The van der Waals surface area contributed by atoms with E-state index < -0.39 is 5.97 Å². The molecule has 0 N–H and O–H groups in total. The van der Waals surface area contributed by atoms with Crippen LogP contribution in [0.15, 0.2) is 47.1 Å². The SMILES string of the molecule is COc1cc(/C=C2\N=C(c3ccc(N4CCCC4=O)cc3)OC2=O)cc(Cl)c1OC(C)C. The summed E-state index contributed by atoms with van der Waals surface area (Å²) in [5.41, 5.74) is 2.24. The lowest BCUT2D eigenvalue weighted by molar-refractivity contribution is -0.130. The molecule has 0 aromatic heterocycles. The molecule has 1 amide bonds. The van der Waals surface area contributed by atoms with Crippen molar-refractivity contribution in [3.05, 3.63) is 58.2 Å². The summed E-state index contributed by atoms with van der Waals surface area (Å²) in [5, 5.41) is 0.368. The van der Waals surface area contributed by atoms with Gasteiger partial charge in [-0.25, -0.2) is 9.79 Å². The lowest BCUT2D eigenvalue weighted by Gasteiger charge is -2.15. The average Bonchev–Trinajstić information content (AvgIpc) is 3.35. The minimum absolute atomic E-state index is 0.0717. The first-order valence-electron chi connectivity index (χ1n) is 10.3. The van der Waals surface area contributed by atoms with Crippen LogP contribution in [0.25, 0.3) is 6.08 Å². The number of hydrogen-bond donors (Lipinski definition) is 0. The Bertz CT molecular complexity index is 1120. The van der Waals surface area contributed by atoms with Crippen LogP contribution in [0.2, 0.25) is 5.02 Å². The molecule has 166 valence electrons. The Labute approximate surface area is 191 Å². The summed E-state index contributed by atoms with van der Waals surface area (Å²) < 4.78 is 16.5. The number of carbonyl (C=O) groups is 2. The molecule has 0 unspecified atom stereocenters. The van der Waals surface area contributed by atoms with E-state index in [0.29, 0.717) is 40.6 Å². The molecule has 7 nitrogen and oxygen atoms in total. The van der Waals surface area contributed by atoms with Crippen molar-refractivity contribution in [2.24, 2.45) is 4.99 Å². The minimum atomic E-state index is -0.559. The molecule has 0 saturated carbocycles.